The van der Waals surface area contributed by atoms with Gasteiger partial charge in [0.25, 0.3) is 0 Å². The van der Waals surface area contributed by atoms with Crippen LogP contribution in [0, 0.1) is 0 Å². The van der Waals surface area contributed by atoms with Crippen LogP contribution in [0.5, 0.6) is 0 Å². The van der Waals surface area contributed by atoms with Gasteiger partial charge in [-0.1, -0.05) is 5.11 Å². The zero-order chi connectivity index (χ0) is 10.9. The van der Waals surface area contributed by atoms with E-state index in [4.69, 9.17) is 5.53 Å². The SMILES string of the molecule is [N-]=[N+]=NCCNC(=O)CCn1cccn1. The first kappa shape index (κ1) is 11.1. The standard InChI is InChI=1S/C8H12N6O/c9-13-11-5-4-10-8(15)2-7-14-6-1-3-12-14/h1,3,6H,2,4-5,7H2,(H,10,15). The molecule has 0 radical (unpaired) electrons. The molecule has 7 heteroatoms. The molecule has 0 unspecified atom stereocenters. The maximum atomic E-state index is 11.2. The van der Waals surface area contributed by atoms with Gasteiger partial charge in [0.05, 0.1) is 0 Å². The Morgan fingerprint density at radius 3 is 3.20 bits per heavy atom. The molecule has 0 aliphatic heterocycles. The van der Waals surface area contributed by atoms with Crippen LogP contribution in [0.1, 0.15) is 6.42 Å². The van der Waals surface area contributed by atoms with Crippen molar-refractivity contribution < 1.29 is 4.79 Å². The summed E-state index contributed by atoms with van der Waals surface area (Å²) in [6, 6.07) is 1.81. The smallest absolute Gasteiger partial charge is 0.221 e. The molecular weight excluding hydrogens is 196 g/mol. The van der Waals surface area contributed by atoms with Gasteiger partial charge in [0, 0.05) is 43.4 Å². The minimum Gasteiger partial charge on any atom is -0.356 e. The number of aromatic nitrogens is 2. The van der Waals surface area contributed by atoms with E-state index >= 15 is 0 Å². The number of rotatable bonds is 6. The lowest BCUT2D eigenvalue weighted by atomic mass is 10.4. The van der Waals surface area contributed by atoms with Crippen molar-refractivity contribution >= 4 is 5.91 Å². The first-order valence-electron chi connectivity index (χ1n) is 4.58. The Morgan fingerprint density at radius 2 is 2.53 bits per heavy atom. The summed E-state index contributed by atoms with van der Waals surface area (Å²) >= 11 is 0. The highest BCUT2D eigenvalue weighted by Crippen LogP contribution is 1.89. The lowest BCUT2D eigenvalue weighted by Gasteiger charge is -2.02. The Balaban J connectivity index is 2.11. The van der Waals surface area contributed by atoms with Gasteiger partial charge in [0.15, 0.2) is 0 Å². The van der Waals surface area contributed by atoms with Crippen LogP contribution in [0.2, 0.25) is 0 Å². The summed E-state index contributed by atoms with van der Waals surface area (Å²) in [5, 5.41) is 9.91. The minimum absolute atomic E-state index is 0.0707. The summed E-state index contributed by atoms with van der Waals surface area (Å²) in [5.41, 5.74) is 7.99. The van der Waals surface area contributed by atoms with Gasteiger partial charge in [-0.2, -0.15) is 5.10 Å². The van der Waals surface area contributed by atoms with Gasteiger partial charge in [-0.3, -0.25) is 9.48 Å². The van der Waals surface area contributed by atoms with E-state index < -0.39 is 0 Å². The summed E-state index contributed by atoms with van der Waals surface area (Å²) in [5.74, 6) is -0.0707. The summed E-state index contributed by atoms with van der Waals surface area (Å²) in [6.07, 6.45) is 3.84. The third-order valence-electron chi connectivity index (χ3n) is 1.72. The van der Waals surface area contributed by atoms with E-state index in [1.54, 1.807) is 23.1 Å². The lowest BCUT2D eigenvalue weighted by Crippen LogP contribution is -2.26. The number of nitrogens with zero attached hydrogens (tertiary/aromatic N) is 5. The van der Waals surface area contributed by atoms with E-state index in [9.17, 15) is 4.79 Å². The first-order valence-corrected chi connectivity index (χ1v) is 4.58. The van der Waals surface area contributed by atoms with E-state index in [0.29, 0.717) is 19.5 Å². The average molecular weight is 208 g/mol. The Bertz CT molecular complexity index is 340. The molecule has 0 saturated heterocycles. The highest BCUT2D eigenvalue weighted by atomic mass is 16.1. The zero-order valence-corrected chi connectivity index (χ0v) is 8.20. The molecule has 0 saturated carbocycles. The van der Waals surface area contributed by atoms with Gasteiger partial charge in [-0.05, 0) is 11.6 Å². The van der Waals surface area contributed by atoms with E-state index in [2.05, 4.69) is 20.4 Å². The normalized spacial score (nSPS) is 9.33. The van der Waals surface area contributed by atoms with Gasteiger partial charge in [0.2, 0.25) is 5.91 Å². The summed E-state index contributed by atoms with van der Waals surface area (Å²) < 4.78 is 1.69. The molecule has 0 aliphatic rings. The highest BCUT2D eigenvalue weighted by molar-refractivity contribution is 5.75. The second-order valence-electron chi connectivity index (χ2n) is 2.82. The molecule has 1 amide bonds. The number of nitrogens with one attached hydrogen (secondary N) is 1. The monoisotopic (exact) mass is 208 g/mol. The average Bonchev–Trinajstić information content (AvgIpc) is 2.74. The van der Waals surface area contributed by atoms with E-state index in [1.807, 2.05) is 0 Å². The highest BCUT2D eigenvalue weighted by Gasteiger charge is 2.00. The number of carbonyl (C=O) groups excluding carboxylic acids is 1. The molecule has 0 bridgehead atoms. The fraction of sp³-hybridized carbons (Fsp3) is 0.500. The van der Waals surface area contributed by atoms with Crippen LogP contribution in [0.25, 0.3) is 10.4 Å². The van der Waals surface area contributed by atoms with Gasteiger partial charge < -0.3 is 5.32 Å². The molecule has 7 nitrogen and oxygen atoms in total. The van der Waals surface area contributed by atoms with Gasteiger partial charge >= 0.3 is 0 Å². The van der Waals surface area contributed by atoms with Crippen LogP contribution in [-0.4, -0.2) is 28.8 Å². The predicted octanol–water partition coefficient (Wildman–Crippen LogP) is 0.700. The van der Waals surface area contributed by atoms with Crippen LogP contribution < -0.4 is 5.32 Å². The summed E-state index contributed by atoms with van der Waals surface area (Å²) in [6.45, 7) is 1.21. The third kappa shape index (κ3) is 4.68. The number of azide groups is 1. The number of aryl methyl sites for hydroxylation is 1. The molecule has 0 fully saturated rings. The fourth-order valence-corrected chi connectivity index (χ4v) is 1.03. The van der Waals surface area contributed by atoms with Crippen molar-refractivity contribution in [3.8, 4) is 0 Å². The molecule has 1 aromatic rings. The molecule has 0 aromatic carbocycles. The fourth-order valence-electron chi connectivity index (χ4n) is 1.03. The quantitative estimate of drug-likeness (QED) is 0.322. The second-order valence-corrected chi connectivity index (χ2v) is 2.82. The van der Waals surface area contributed by atoms with Crippen LogP contribution in [0.3, 0.4) is 0 Å². The molecular formula is C8H12N6O. The molecule has 15 heavy (non-hydrogen) atoms. The van der Waals surface area contributed by atoms with Crippen molar-refractivity contribution in [2.24, 2.45) is 5.11 Å². The summed E-state index contributed by atoms with van der Waals surface area (Å²) in [7, 11) is 0. The van der Waals surface area contributed by atoms with Gasteiger partial charge in [-0.15, -0.1) is 0 Å². The number of carbonyl (C=O) groups is 1. The number of amides is 1. The van der Waals surface area contributed by atoms with Crippen LogP contribution in [-0.2, 0) is 11.3 Å². The molecule has 1 N–H and O–H groups in total. The molecule has 1 rings (SSSR count). The van der Waals surface area contributed by atoms with E-state index in [0.717, 1.165) is 0 Å². The maximum absolute atomic E-state index is 11.2. The van der Waals surface area contributed by atoms with Crippen LogP contribution in [0.4, 0.5) is 0 Å². The second kappa shape index (κ2) is 6.44. The maximum Gasteiger partial charge on any atom is 0.221 e. The van der Waals surface area contributed by atoms with Crippen LogP contribution >= 0.6 is 0 Å². The summed E-state index contributed by atoms with van der Waals surface area (Å²) in [4.78, 5) is 13.8. The van der Waals surface area contributed by atoms with Gasteiger partial charge in [-0.25, -0.2) is 0 Å². The van der Waals surface area contributed by atoms with Crippen molar-refractivity contribution in [2.75, 3.05) is 13.1 Å². The third-order valence-corrected chi connectivity index (χ3v) is 1.72. The van der Waals surface area contributed by atoms with Crippen molar-refractivity contribution in [3.05, 3.63) is 28.9 Å². The van der Waals surface area contributed by atoms with Crippen molar-refractivity contribution in [2.45, 2.75) is 13.0 Å². The Morgan fingerprint density at radius 1 is 1.67 bits per heavy atom. The lowest BCUT2D eigenvalue weighted by molar-refractivity contribution is -0.121. The first-order chi connectivity index (χ1) is 7.33. The number of hydrogen-bond acceptors (Lipinski definition) is 3. The molecule has 1 heterocycles. The largest absolute Gasteiger partial charge is 0.356 e. The number of hydrogen-bond donors (Lipinski definition) is 1. The van der Waals surface area contributed by atoms with E-state index in [-0.39, 0.29) is 12.5 Å². The Labute approximate surface area is 86.7 Å². The Hall–Kier alpha value is -2.01. The van der Waals surface area contributed by atoms with Crippen molar-refractivity contribution in [1.29, 1.82) is 0 Å². The molecule has 1 aromatic heterocycles. The molecule has 0 aliphatic carbocycles. The molecule has 0 spiro atoms. The minimum atomic E-state index is -0.0707. The van der Waals surface area contributed by atoms with Gasteiger partial charge in [0.1, 0.15) is 0 Å². The Kier molecular flexibility index (Phi) is 4.75. The van der Waals surface area contributed by atoms with Crippen molar-refractivity contribution in [1.82, 2.24) is 15.1 Å². The molecule has 0 atom stereocenters. The van der Waals surface area contributed by atoms with Crippen LogP contribution in [0.15, 0.2) is 23.6 Å². The van der Waals surface area contributed by atoms with E-state index in [1.165, 1.54) is 0 Å². The topological polar surface area (TPSA) is 95.7 Å². The predicted molar refractivity (Wildman–Crippen MR) is 53.9 cm³/mol. The zero-order valence-electron chi connectivity index (χ0n) is 8.20. The molecule has 80 valence electrons. The van der Waals surface area contributed by atoms with Crippen molar-refractivity contribution in [3.63, 3.8) is 0 Å².